The summed E-state index contributed by atoms with van der Waals surface area (Å²) in [5.74, 6) is -10.6. The van der Waals surface area contributed by atoms with Gasteiger partial charge in [-0.3, -0.25) is 52.9 Å². The zero-order chi connectivity index (χ0) is 61.1. The summed E-state index contributed by atoms with van der Waals surface area (Å²) in [7, 11) is 0. The number of hydrogen-bond donors (Lipinski definition) is 16. The summed E-state index contributed by atoms with van der Waals surface area (Å²) in [6.07, 6.45) is -0.996. The van der Waals surface area contributed by atoms with E-state index in [2.05, 4.69) is 42.2 Å². The van der Waals surface area contributed by atoms with Crippen molar-refractivity contribution in [2.45, 2.75) is 177 Å². The Morgan fingerprint density at radius 1 is 0.610 bits per heavy atom. The topological polar surface area (TPSA) is 502 Å². The van der Waals surface area contributed by atoms with Gasteiger partial charge in [0.2, 0.25) is 53.2 Å². The van der Waals surface area contributed by atoms with Crippen molar-refractivity contribution in [3.05, 3.63) is 35.9 Å². The molecule has 1 aromatic carbocycles. The third kappa shape index (κ3) is 22.8. The van der Waals surface area contributed by atoms with Gasteiger partial charge in [0.25, 0.3) is 0 Å². The van der Waals surface area contributed by atoms with E-state index < -0.39 is 151 Å². The second-order valence-corrected chi connectivity index (χ2v) is 20.4. The maximum Gasteiger partial charge on any atom is 0.326 e. The fourth-order valence-corrected chi connectivity index (χ4v) is 9.39. The van der Waals surface area contributed by atoms with Gasteiger partial charge in [-0.25, -0.2) is 4.79 Å². The van der Waals surface area contributed by atoms with Crippen LogP contribution in [0.4, 0.5) is 0 Å². The van der Waals surface area contributed by atoms with Crippen LogP contribution in [0, 0.1) is 0 Å². The first kappa shape index (κ1) is 68.7. The van der Waals surface area contributed by atoms with Gasteiger partial charge in [0.05, 0.1) is 24.8 Å². The quantitative estimate of drug-likeness (QED) is 0.0169. The van der Waals surface area contributed by atoms with E-state index in [1.54, 1.807) is 30.3 Å². The van der Waals surface area contributed by atoms with Gasteiger partial charge in [-0.1, -0.05) is 30.3 Å². The Balaban J connectivity index is 1.72. The molecule has 2 heterocycles. The lowest BCUT2D eigenvalue weighted by molar-refractivity contribution is -0.146. The van der Waals surface area contributed by atoms with E-state index >= 15 is 0 Å². The molecular weight excluding hydrogens is 1070 g/mol. The number of guanidine groups is 1. The molecule has 30 nitrogen and oxygen atoms in total. The normalized spacial score (nSPS) is 18.1. The number of benzene rings is 1. The first-order valence-electron chi connectivity index (χ1n) is 27.7. The third-order valence-corrected chi connectivity index (χ3v) is 13.8. The van der Waals surface area contributed by atoms with E-state index in [0.717, 1.165) is 17.4 Å². The molecule has 30 heteroatoms. The number of carbonyl (C=O) groups is 11. The Labute approximate surface area is 475 Å². The van der Waals surface area contributed by atoms with E-state index in [1.807, 2.05) is 0 Å². The zero-order valence-corrected chi connectivity index (χ0v) is 46.6. The van der Waals surface area contributed by atoms with Gasteiger partial charge in [0.15, 0.2) is 5.96 Å². The van der Waals surface area contributed by atoms with Crippen molar-refractivity contribution < 1.29 is 73.2 Å². The van der Waals surface area contributed by atoms with Crippen molar-refractivity contribution in [1.29, 1.82) is 0 Å². The van der Waals surface area contributed by atoms with E-state index in [4.69, 9.17) is 28.7 Å². The van der Waals surface area contributed by atoms with Gasteiger partial charge in [0, 0.05) is 26.1 Å². The molecule has 0 unspecified atom stereocenters. The number of aliphatic hydroxyl groups excluding tert-OH is 2. The molecule has 0 spiro atoms. The molecule has 21 N–H and O–H groups in total. The third-order valence-electron chi connectivity index (χ3n) is 13.8. The minimum Gasteiger partial charge on any atom is -0.481 e. The van der Waals surface area contributed by atoms with E-state index in [0.29, 0.717) is 45.1 Å². The lowest BCUT2D eigenvalue weighted by Gasteiger charge is -2.33. The van der Waals surface area contributed by atoms with Crippen molar-refractivity contribution in [3.63, 3.8) is 0 Å². The summed E-state index contributed by atoms with van der Waals surface area (Å²) in [5.41, 5.74) is 29.0. The van der Waals surface area contributed by atoms with Crippen LogP contribution in [0.2, 0.25) is 0 Å². The molecule has 0 saturated carbocycles. The molecule has 2 aliphatic heterocycles. The molecule has 3 rings (SSSR count). The molecule has 2 fully saturated rings. The Bertz CT molecular complexity index is 2360. The molecule has 0 aromatic heterocycles. The number of nitrogens with two attached hydrogens (primary N) is 5. The predicted molar refractivity (Wildman–Crippen MR) is 296 cm³/mol. The molecule has 458 valence electrons. The van der Waals surface area contributed by atoms with Crippen molar-refractivity contribution >= 4 is 71.1 Å². The Morgan fingerprint density at radius 2 is 1.13 bits per heavy atom. The SMILES string of the molecule is C[C@@H](O)[C@H](NC(=O)CNC(=O)[C@H](CCC(=O)O)NC(=O)[C@H](CCCN=C(N)N)NC(=O)[C@@H](N)Cc1ccccc1)C(=O)N[C@H](C(=O)N1CCC[C@H]1C(=O)N[C@@H](CCCCN)C(=O)N1CCC[C@H]1C(=O)N[C@@H](CCCCN)C(=O)O)[C@@H](C)O. The number of carboxylic acids is 2. The maximum atomic E-state index is 14.2. The average Bonchev–Trinajstić information content (AvgIpc) is 4.16. The minimum absolute atomic E-state index is 0.0198. The molecule has 2 saturated heterocycles. The molecule has 0 aliphatic carbocycles. The number of nitrogens with one attached hydrogen (secondary N) is 7. The number of aliphatic imine (C=N–C) groups is 1. The number of carboxylic acid groups (broad SMARTS) is 2. The number of aliphatic carboxylic acids is 2. The van der Waals surface area contributed by atoms with E-state index in [9.17, 15) is 73.2 Å². The average molecular weight is 1160 g/mol. The molecule has 1 aromatic rings. The second-order valence-electron chi connectivity index (χ2n) is 20.4. The maximum absolute atomic E-state index is 14.2. The van der Waals surface area contributed by atoms with Crippen LogP contribution in [0.25, 0.3) is 0 Å². The highest BCUT2D eigenvalue weighted by molar-refractivity contribution is 5.98. The molecule has 11 atom stereocenters. The Morgan fingerprint density at radius 3 is 1.67 bits per heavy atom. The lowest BCUT2D eigenvalue weighted by Crippen LogP contribution is -2.62. The van der Waals surface area contributed by atoms with Crippen LogP contribution in [0.15, 0.2) is 35.3 Å². The minimum atomic E-state index is -1.82. The Kier molecular flexibility index (Phi) is 29.6. The number of aliphatic hydroxyl groups is 2. The summed E-state index contributed by atoms with van der Waals surface area (Å²) < 4.78 is 0. The monoisotopic (exact) mass is 1160 g/mol. The second kappa shape index (κ2) is 35.3. The summed E-state index contributed by atoms with van der Waals surface area (Å²) in [6.45, 7) is 2.21. The number of unbranched alkanes of at least 4 members (excludes halogenated alkanes) is 2. The van der Waals surface area contributed by atoms with Gasteiger partial charge in [0.1, 0.15) is 48.3 Å². The van der Waals surface area contributed by atoms with Gasteiger partial charge in [-0.2, -0.15) is 0 Å². The molecule has 82 heavy (non-hydrogen) atoms. The van der Waals surface area contributed by atoms with Crippen LogP contribution in [0.3, 0.4) is 0 Å². The van der Waals surface area contributed by atoms with Gasteiger partial charge in [-0.05, 0) is 122 Å². The number of amides is 9. The molecule has 0 bridgehead atoms. The van der Waals surface area contributed by atoms with E-state index in [1.165, 1.54) is 11.8 Å². The highest BCUT2D eigenvalue weighted by atomic mass is 16.4. The van der Waals surface area contributed by atoms with Crippen LogP contribution < -0.4 is 65.9 Å². The van der Waals surface area contributed by atoms with Crippen LogP contribution >= 0.6 is 0 Å². The summed E-state index contributed by atoms with van der Waals surface area (Å²) in [5, 5.41) is 57.8. The molecule has 2 aliphatic rings. The fourth-order valence-electron chi connectivity index (χ4n) is 9.39. The highest BCUT2D eigenvalue weighted by Crippen LogP contribution is 2.23. The summed E-state index contributed by atoms with van der Waals surface area (Å²) >= 11 is 0. The van der Waals surface area contributed by atoms with Gasteiger partial charge in [-0.15, -0.1) is 0 Å². The van der Waals surface area contributed by atoms with Crippen LogP contribution in [0.5, 0.6) is 0 Å². The number of likely N-dealkylation sites (tertiary alicyclic amines) is 2. The number of nitrogens with zero attached hydrogens (tertiary/aromatic N) is 3. The molecule has 0 radical (unpaired) electrons. The number of hydrogen-bond acceptors (Lipinski definition) is 17. The first-order chi connectivity index (χ1) is 38.9. The van der Waals surface area contributed by atoms with Crippen LogP contribution in [-0.2, 0) is 59.2 Å². The van der Waals surface area contributed by atoms with Crippen molar-refractivity contribution in [1.82, 2.24) is 47.0 Å². The standard InChI is InChI=1S/C52H85N15O15/c1-29(68)41(64-39(70)28-59-44(74)34(20-21-40(71)72)61-45(75)33(17-10-24-58-52(56)57)60-43(73)32(55)27-31-13-4-3-5-14-31)48(78)65-42(30(2)69)50(80)67-26-12-19-38(67)46(76)62-35(15-6-8-22-53)49(79)66-25-11-18-37(66)47(77)63-36(51(81)82)16-7-9-23-54/h3-5,13-14,29-30,32-38,41-42,68-69H,6-12,15-28,53-55H2,1-2H3,(H,59,74)(H,60,73)(H,61,75)(H,62,76)(H,63,77)(H,64,70)(H,65,78)(H,71,72)(H,81,82)(H4,56,57,58)/t29-,30-,32+,33+,34+,35+,36+,37+,38+,41+,42+/m1/s1. The van der Waals surface area contributed by atoms with Gasteiger partial charge >= 0.3 is 11.9 Å². The van der Waals surface area contributed by atoms with Crippen LogP contribution in [-0.4, -0.2) is 207 Å². The fraction of sp³-hybridized carbons (Fsp3) is 0.654. The Hall–Kier alpha value is -7.54. The smallest absolute Gasteiger partial charge is 0.326 e. The van der Waals surface area contributed by atoms with Crippen molar-refractivity contribution in [2.75, 3.05) is 39.3 Å². The van der Waals surface area contributed by atoms with Crippen molar-refractivity contribution in [2.24, 2.45) is 33.7 Å². The molecule has 9 amide bonds. The number of rotatable bonds is 36. The first-order valence-corrected chi connectivity index (χ1v) is 27.7. The predicted octanol–water partition coefficient (Wildman–Crippen LogP) is -5.41. The van der Waals surface area contributed by atoms with E-state index in [-0.39, 0.29) is 77.1 Å². The summed E-state index contributed by atoms with van der Waals surface area (Å²) in [4.78, 5) is 153. The lowest BCUT2D eigenvalue weighted by atomic mass is 10.0. The largest absolute Gasteiger partial charge is 0.481 e. The molecular formula is C52H85N15O15. The number of carbonyl (C=O) groups excluding carboxylic acids is 9. The highest BCUT2D eigenvalue weighted by Gasteiger charge is 2.43. The van der Waals surface area contributed by atoms with Crippen LogP contribution in [0.1, 0.15) is 109 Å². The van der Waals surface area contributed by atoms with Gasteiger partial charge < -0.3 is 96.1 Å². The zero-order valence-electron chi connectivity index (χ0n) is 46.6. The van der Waals surface area contributed by atoms with Crippen molar-refractivity contribution in [3.8, 4) is 0 Å². The summed E-state index contributed by atoms with van der Waals surface area (Å²) in [6, 6.07) is -3.40.